The summed E-state index contributed by atoms with van der Waals surface area (Å²) in [5.41, 5.74) is 3.48. The number of nitrogens with one attached hydrogen (secondary N) is 1. The van der Waals surface area contributed by atoms with E-state index in [9.17, 15) is 9.59 Å². The molecule has 6 nitrogen and oxygen atoms in total. The van der Waals surface area contributed by atoms with Gasteiger partial charge in [0, 0.05) is 28.1 Å². The quantitative estimate of drug-likeness (QED) is 0.555. The summed E-state index contributed by atoms with van der Waals surface area (Å²) >= 11 is 3.41. The van der Waals surface area contributed by atoms with Crippen LogP contribution in [-0.2, 0) is 0 Å². The van der Waals surface area contributed by atoms with E-state index < -0.39 is 6.10 Å². The molecule has 5 rings (SSSR count). The minimum absolute atomic E-state index is 0.0806. The lowest BCUT2D eigenvalue weighted by Gasteiger charge is -2.34. The molecular weight excluding hydrogens is 482 g/mol. The van der Waals surface area contributed by atoms with E-state index >= 15 is 0 Å². The average molecular weight is 502 g/mol. The van der Waals surface area contributed by atoms with Gasteiger partial charge in [0.2, 0.25) is 0 Å². The third-order valence-corrected chi connectivity index (χ3v) is 6.05. The molecule has 33 heavy (non-hydrogen) atoms. The van der Waals surface area contributed by atoms with E-state index in [1.54, 1.807) is 36.7 Å². The largest absolute Gasteiger partial charge is 0.481 e. The predicted molar refractivity (Wildman–Crippen MR) is 129 cm³/mol. The summed E-state index contributed by atoms with van der Waals surface area (Å²) in [5, 5.41) is 2.97. The maximum atomic E-state index is 13.2. The van der Waals surface area contributed by atoms with Crippen LogP contribution in [0.3, 0.4) is 0 Å². The Morgan fingerprint density at radius 1 is 1.12 bits per heavy atom. The van der Waals surface area contributed by atoms with Gasteiger partial charge in [-0.25, -0.2) is 4.98 Å². The number of hydrogen-bond donors (Lipinski definition) is 1. The Morgan fingerprint density at radius 2 is 1.91 bits per heavy atom. The number of carbonyl (C=O) groups excluding carboxylic acids is 2. The van der Waals surface area contributed by atoms with Gasteiger partial charge in [-0.1, -0.05) is 29.8 Å². The van der Waals surface area contributed by atoms with Crippen molar-refractivity contribution in [2.45, 2.75) is 13.0 Å². The molecule has 3 aromatic rings. The van der Waals surface area contributed by atoms with Crippen LogP contribution in [-0.4, -0.2) is 29.3 Å². The highest BCUT2D eigenvalue weighted by Crippen LogP contribution is 2.35. The van der Waals surface area contributed by atoms with Crippen molar-refractivity contribution in [3.63, 3.8) is 0 Å². The van der Waals surface area contributed by atoms with Gasteiger partial charge in [-0.2, -0.15) is 0 Å². The Balaban J connectivity index is 1.47. The van der Waals surface area contributed by atoms with Crippen molar-refractivity contribution in [3.05, 3.63) is 112 Å². The first-order chi connectivity index (χ1) is 16.0. The molecule has 0 fully saturated rings. The molecular formula is C26H20BrN3O3. The number of ether oxygens (including phenoxy) is 1. The maximum Gasteiger partial charge on any atom is 0.251 e. The zero-order valence-corrected chi connectivity index (χ0v) is 19.4. The predicted octanol–water partition coefficient (Wildman–Crippen LogP) is 4.81. The standard InChI is InChI=1S/C26H20BrN3O3/c1-16-6-8-17(9-7-16)26(32)29-14-19-12-23-21(15-30(19)24-11-10-18(27)13-28-24)25(31)20-4-2-3-5-22(20)33-23/h2-13,15,23H,14H2,1H3,(H,29,32). The van der Waals surface area contributed by atoms with E-state index in [4.69, 9.17) is 4.74 Å². The molecule has 0 bridgehead atoms. The van der Waals surface area contributed by atoms with Gasteiger partial charge >= 0.3 is 0 Å². The second-order valence-electron chi connectivity index (χ2n) is 7.86. The van der Waals surface area contributed by atoms with Crippen molar-refractivity contribution >= 4 is 33.4 Å². The molecule has 0 saturated heterocycles. The number of amides is 1. The van der Waals surface area contributed by atoms with Crippen LogP contribution in [0.2, 0.25) is 0 Å². The third kappa shape index (κ3) is 4.19. The zero-order chi connectivity index (χ0) is 22.9. The first-order valence-corrected chi connectivity index (χ1v) is 11.3. The monoisotopic (exact) mass is 501 g/mol. The van der Waals surface area contributed by atoms with Gasteiger partial charge in [0.05, 0.1) is 17.7 Å². The molecule has 1 atom stereocenters. The topological polar surface area (TPSA) is 71.5 Å². The van der Waals surface area contributed by atoms with E-state index in [1.807, 2.05) is 54.3 Å². The van der Waals surface area contributed by atoms with Gasteiger partial charge in [0.15, 0.2) is 5.78 Å². The first kappa shape index (κ1) is 21.2. The fraction of sp³-hybridized carbons (Fsp3) is 0.115. The molecule has 0 radical (unpaired) electrons. The van der Waals surface area contributed by atoms with Gasteiger partial charge in [-0.05, 0) is 65.3 Å². The highest BCUT2D eigenvalue weighted by atomic mass is 79.9. The summed E-state index contributed by atoms with van der Waals surface area (Å²) in [6.45, 7) is 2.22. The minimum atomic E-state index is -0.537. The van der Waals surface area contributed by atoms with Crippen molar-refractivity contribution in [2.24, 2.45) is 0 Å². The maximum absolute atomic E-state index is 13.2. The van der Waals surface area contributed by atoms with Crippen molar-refractivity contribution < 1.29 is 14.3 Å². The average Bonchev–Trinajstić information content (AvgIpc) is 2.83. The summed E-state index contributed by atoms with van der Waals surface area (Å²) in [5.74, 6) is 0.925. The number of aryl methyl sites for hydroxylation is 1. The lowest BCUT2D eigenvalue weighted by Crippen LogP contribution is -2.39. The van der Waals surface area contributed by atoms with Gasteiger partial charge < -0.3 is 15.0 Å². The van der Waals surface area contributed by atoms with Crippen LogP contribution < -0.4 is 15.0 Å². The Bertz CT molecular complexity index is 1300. The number of hydrogen-bond acceptors (Lipinski definition) is 5. The molecule has 0 aliphatic carbocycles. The van der Waals surface area contributed by atoms with Crippen molar-refractivity contribution in [3.8, 4) is 5.75 Å². The first-order valence-electron chi connectivity index (χ1n) is 10.5. The highest BCUT2D eigenvalue weighted by molar-refractivity contribution is 9.10. The number of pyridine rings is 1. The van der Waals surface area contributed by atoms with Crippen LogP contribution in [0.5, 0.6) is 5.75 Å². The molecule has 2 aliphatic heterocycles. The molecule has 1 amide bonds. The molecule has 1 N–H and O–H groups in total. The van der Waals surface area contributed by atoms with Crippen LogP contribution in [0.15, 0.2) is 94.9 Å². The normalized spacial score (nSPS) is 16.7. The summed E-state index contributed by atoms with van der Waals surface area (Å²) in [4.78, 5) is 32.2. The molecule has 7 heteroatoms. The van der Waals surface area contributed by atoms with Crippen LogP contribution in [0, 0.1) is 6.92 Å². The molecule has 2 aromatic carbocycles. The fourth-order valence-electron chi connectivity index (χ4n) is 3.82. The molecule has 164 valence electrons. The van der Waals surface area contributed by atoms with E-state index in [-0.39, 0.29) is 18.2 Å². The van der Waals surface area contributed by atoms with E-state index in [1.165, 1.54) is 0 Å². The van der Waals surface area contributed by atoms with Gasteiger partial charge in [0.25, 0.3) is 5.91 Å². The van der Waals surface area contributed by atoms with Crippen molar-refractivity contribution in [1.82, 2.24) is 10.3 Å². The van der Waals surface area contributed by atoms with E-state index in [0.29, 0.717) is 28.3 Å². The zero-order valence-electron chi connectivity index (χ0n) is 17.8. The smallest absolute Gasteiger partial charge is 0.251 e. The number of nitrogens with zero attached hydrogens (tertiary/aromatic N) is 2. The van der Waals surface area contributed by atoms with Crippen LogP contribution in [0.1, 0.15) is 26.3 Å². The Labute approximate surface area is 199 Å². The number of fused-ring (bicyclic) bond motifs is 2. The highest BCUT2D eigenvalue weighted by Gasteiger charge is 2.35. The van der Waals surface area contributed by atoms with Gasteiger partial charge in [-0.15, -0.1) is 0 Å². The van der Waals surface area contributed by atoms with Crippen LogP contribution in [0.4, 0.5) is 5.82 Å². The number of para-hydroxylation sites is 1. The molecule has 1 aromatic heterocycles. The Hall–Kier alpha value is -3.71. The van der Waals surface area contributed by atoms with Crippen molar-refractivity contribution in [2.75, 3.05) is 11.4 Å². The number of benzene rings is 2. The SMILES string of the molecule is Cc1ccc(C(=O)NCC2=CC3Oc4ccccc4C(=O)C3=CN2c2ccc(Br)cn2)cc1. The number of rotatable bonds is 4. The number of aromatic nitrogens is 1. The summed E-state index contributed by atoms with van der Waals surface area (Å²) in [6.07, 6.45) is 4.77. The van der Waals surface area contributed by atoms with Crippen molar-refractivity contribution in [1.29, 1.82) is 0 Å². The number of halogens is 1. The number of carbonyl (C=O) groups is 2. The van der Waals surface area contributed by atoms with Crippen LogP contribution in [0.25, 0.3) is 0 Å². The lowest BCUT2D eigenvalue weighted by molar-refractivity contribution is 0.0950. The molecule has 2 aliphatic rings. The van der Waals surface area contributed by atoms with Gasteiger partial charge in [-0.3, -0.25) is 9.59 Å². The van der Waals surface area contributed by atoms with Crippen LogP contribution >= 0.6 is 15.9 Å². The second kappa shape index (κ2) is 8.67. The summed E-state index contributed by atoms with van der Waals surface area (Å²) in [7, 11) is 0. The number of ketones is 1. The Kier molecular flexibility index (Phi) is 5.56. The molecule has 1 unspecified atom stereocenters. The molecule has 3 heterocycles. The third-order valence-electron chi connectivity index (χ3n) is 5.58. The Morgan fingerprint density at radius 3 is 2.67 bits per heavy atom. The van der Waals surface area contributed by atoms with Gasteiger partial charge in [0.1, 0.15) is 17.7 Å². The molecule has 0 spiro atoms. The summed E-state index contributed by atoms with van der Waals surface area (Å²) < 4.78 is 6.96. The number of anilines is 1. The van der Waals surface area contributed by atoms with E-state index in [0.717, 1.165) is 15.7 Å². The number of Topliss-reactive ketones (excluding diaryl/α,β-unsaturated/α-hetero) is 1. The lowest BCUT2D eigenvalue weighted by atomic mass is 9.93. The second-order valence-corrected chi connectivity index (χ2v) is 8.78. The van der Waals surface area contributed by atoms with E-state index in [2.05, 4.69) is 26.2 Å². The minimum Gasteiger partial charge on any atom is -0.481 e. The fourth-order valence-corrected chi connectivity index (χ4v) is 4.06. The summed E-state index contributed by atoms with van der Waals surface area (Å²) in [6, 6.07) is 18.3. The molecule has 0 saturated carbocycles.